The fourth-order valence-electron chi connectivity index (χ4n) is 0.283. The van der Waals surface area contributed by atoms with Crippen LogP contribution in [-0.4, -0.2) is 17.5 Å². The second-order valence-electron chi connectivity index (χ2n) is 1.60. The highest BCUT2D eigenvalue weighted by atomic mass is 16.8. The van der Waals surface area contributed by atoms with Gasteiger partial charge in [-0.15, -0.1) is 0 Å². The van der Waals surface area contributed by atoms with E-state index < -0.39 is 5.23 Å². The summed E-state index contributed by atoms with van der Waals surface area (Å²) in [4.78, 5) is 10.1. The fourth-order valence-corrected chi connectivity index (χ4v) is 0.283. The molecule has 0 radical (unpaired) electrons. The number of hydrogen-bond donors (Lipinski definition) is 2. The number of rotatable bonds is 3. The molecule has 0 aliphatic carbocycles. The molecule has 0 aliphatic heterocycles. The maximum atomic E-state index is 10.1. The van der Waals surface area contributed by atoms with E-state index in [1.807, 2.05) is 0 Å². The van der Waals surface area contributed by atoms with Gasteiger partial charge in [-0.05, 0) is 6.92 Å². The molecule has 0 heterocycles. The van der Waals surface area contributed by atoms with Crippen LogP contribution >= 0.6 is 0 Å². The minimum absolute atomic E-state index is 0.0463. The first-order valence-electron chi connectivity index (χ1n) is 2.34. The van der Waals surface area contributed by atoms with Crippen LogP contribution in [0.1, 0.15) is 13.3 Å². The minimum atomic E-state index is -0.916. The van der Waals surface area contributed by atoms with Crippen LogP contribution in [0.2, 0.25) is 0 Å². The lowest BCUT2D eigenvalue weighted by atomic mass is 10.3. The summed E-state index contributed by atoms with van der Waals surface area (Å²) in [6, 6.07) is 0. The van der Waals surface area contributed by atoms with Crippen molar-refractivity contribution in [3.05, 3.63) is 5.21 Å². The Morgan fingerprint density at radius 2 is 2.38 bits per heavy atom. The van der Waals surface area contributed by atoms with E-state index in [1.165, 1.54) is 6.92 Å². The average Bonchev–Trinajstić information content (AvgIpc) is 1.61. The maximum absolute atomic E-state index is 10.1. The molecular formula is C4H9NO3. The molecule has 8 heavy (non-hydrogen) atoms. The Balaban J connectivity index is 3.05. The molecular weight excluding hydrogens is 110 g/mol. The number of nitrogens with one attached hydrogen (secondary N) is 1. The Bertz CT molecular complexity index is 81.4. The molecule has 4 nitrogen and oxygen atoms in total. The summed E-state index contributed by atoms with van der Waals surface area (Å²) >= 11 is 0. The van der Waals surface area contributed by atoms with Gasteiger partial charge in [0.15, 0.2) is 0 Å². The van der Waals surface area contributed by atoms with Gasteiger partial charge in [0.25, 0.3) is 0 Å². The van der Waals surface area contributed by atoms with Gasteiger partial charge in [0.1, 0.15) is 12.3 Å². The van der Waals surface area contributed by atoms with Gasteiger partial charge in [0, 0.05) is 0 Å². The van der Waals surface area contributed by atoms with E-state index in [4.69, 9.17) is 5.21 Å². The lowest BCUT2D eigenvalue weighted by Gasteiger charge is -2.09. The first-order valence-corrected chi connectivity index (χ1v) is 2.34. The summed E-state index contributed by atoms with van der Waals surface area (Å²) in [6.45, 7) is 1.33. The molecule has 48 valence electrons. The normalized spacial score (nSPS) is 13.4. The highest BCUT2D eigenvalue weighted by Crippen LogP contribution is 1.72. The Kier molecular flexibility index (Phi) is 3.34. The predicted molar refractivity (Wildman–Crippen MR) is 26.3 cm³/mol. The maximum Gasteiger partial charge on any atom is 0.135 e. The number of ketones is 1. The largest absolute Gasteiger partial charge is 0.600 e. The fraction of sp³-hybridized carbons (Fsp3) is 0.750. The second-order valence-corrected chi connectivity index (χ2v) is 1.60. The molecule has 1 atom stereocenters. The van der Waals surface area contributed by atoms with Crippen molar-refractivity contribution in [3.8, 4) is 0 Å². The number of carbonyl (C=O) groups is 1. The Morgan fingerprint density at radius 1 is 1.88 bits per heavy atom. The lowest BCUT2D eigenvalue weighted by molar-refractivity contribution is -1.05. The van der Waals surface area contributed by atoms with E-state index >= 15 is 0 Å². The van der Waals surface area contributed by atoms with E-state index in [0.29, 0.717) is 0 Å². The van der Waals surface area contributed by atoms with Crippen LogP contribution in [0, 0.1) is 5.21 Å². The quantitative estimate of drug-likeness (QED) is 0.455. The first-order chi connectivity index (χ1) is 3.63. The summed E-state index contributed by atoms with van der Waals surface area (Å²) in [7, 11) is 0. The van der Waals surface area contributed by atoms with Crippen molar-refractivity contribution in [2.45, 2.75) is 13.3 Å². The highest BCUT2D eigenvalue weighted by molar-refractivity contribution is 5.75. The molecule has 0 aromatic rings. The molecule has 0 spiro atoms. The number of carbonyl (C=O) groups excluding carboxylic acids is 1. The van der Waals surface area contributed by atoms with Crippen molar-refractivity contribution in [1.29, 1.82) is 0 Å². The van der Waals surface area contributed by atoms with Crippen molar-refractivity contribution < 1.29 is 15.2 Å². The zero-order valence-corrected chi connectivity index (χ0v) is 4.68. The molecule has 0 saturated carbocycles. The van der Waals surface area contributed by atoms with E-state index in [0.717, 1.165) is 0 Å². The van der Waals surface area contributed by atoms with E-state index in [1.54, 1.807) is 0 Å². The van der Waals surface area contributed by atoms with Crippen molar-refractivity contribution >= 4 is 5.78 Å². The number of quaternary nitrogens is 1. The molecule has 0 aromatic carbocycles. The minimum Gasteiger partial charge on any atom is -0.600 e. The van der Waals surface area contributed by atoms with Gasteiger partial charge >= 0.3 is 0 Å². The molecule has 0 fully saturated rings. The number of hydroxylamine groups is 2. The standard InChI is InChI=1S/C4H9NO3/c1-4(6)2-3-5(7)8/h5,7H,2-3H2,1H3. The summed E-state index contributed by atoms with van der Waals surface area (Å²) in [6.07, 6.45) is 0.148. The monoisotopic (exact) mass is 119 g/mol. The van der Waals surface area contributed by atoms with Gasteiger partial charge in [0.2, 0.25) is 0 Å². The van der Waals surface area contributed by atoms with E-state index in [2.05, 4.69) is 0 Å². The first kappa shape index (κ1) is 7.55. The molecule has 0 saturated heterocycles. The van der Waals surface area contributed by atoms with Crippen molar-refractivity contribution in [2.75, 3.05) is 6.54 Å². The van der Waals surface area contributed by atoms with Crippen LogP contribution in [0.3, 0.4) is 0 Å². The highest BCUT2D eigenvalue weighted by Gasteiger charge is 1.94. The second kappa shape index (κ2) is 3.54. The average molecular weight is 119 g/mol. The zero-order chi connectivity index (χ0) is 6.57. The van der Waals surface area contributed by atoms with Crippen molar-refractivity contribution in [2.24, 2.45) is 0 Å². The zero-order valence-electron chi connectivity index (χ0n) is 4.68. The predicted octanol–water partition coefficient (Wildman–Crippen LogP) is -1.26. The molecule has 0 aliphatic rings. The lowest BCUT2D eigenvalue weighted by Crippen LogP contribution is -3.04. The van der Waals surface area contributed by atoms with E-state index in [9.17, 15) is 10.0 Å². The summed E-state index contributed by atoms with van der Waals surface area (Å²) in [5.41, 5.74) is 0. The van der Waals surface area contributed by atoms with Crippen LogP contribution in [0.5, 0.6) is 0 Å². The summed E-state index contributed by atoms with van der Waals surface area (Å²) in [5, 5.41) is 16.8. The molecule has 0 rings (SSSR count). The molecule has 2 N–H and O–H groups in total. The van der Waals surface area contributed by atoms with Crippen LogP contribution < -0.4 is 5.23 Å². The van der Waals surface area contributed by atoms with Gasteiger partial charge in [0.05, 0.1) is 6.42 Å². The molecule has 4 heteroatoms. The van der Waals surface area contributed by atoms with Crippen LogP contribution in [0.25, 0.3) is 0 Å². The van der Waals surface area contributed by atoms with Crippen LogP contribution in [-0.2, 0) is 4.79 Å². The molecule has 0 bridgehead atoms. The molecule has 1 unspecified atom stereocenters. The summed E-state index contributed by atoms with van der Waals surface area (Å²) < 4.78 is 0. The summed E-state index contributed by atoms with van der Waals surface area (Å²) in [5.74, 6) is -0.0765. The third kappa shape index (κ3) is 5.55. The van der Waals surface area contributed by atoms with Crippen molar-refractivity contribution in [3.63, 3.8) is 0 Å². The molecule has 0 aromatic heterocycles. The Morgan fingerprint density at radius 3 is 2.50 bits per heavy atom. The topological polar surface area (TPSA) is 64.8 Å². The smallest absolute Gasteiger partial charge is 0.135 e. The van der Waals surface area contributed by atoms with Crippen molar-refractivity contribution in [1.82, 2.24) is 0 Å². The van der Waals surface area contributed by atoms with Gasteiger partial charge in [-0.25, -0.2) is 10.4 Å². The molecule has 0 amide bonds. The third-order valence-corrected chi connectivity index (χ3v) is 0.691. The third-order valence-electron chi connectivity index (χ3n) is 0.691. The van der Waals surface area contributed by atoms with Crippen LogP contribution in [0.4, 0.5) is 0 Å². The number of Topliss-reactive ketones (excluding diaryl/α,β-unsaturated/α-hetero) is 1. The SMILES string of the molecule is CC(=O)CC[NH+]([O-])O. The Labute approximate surface area is 47.3 Å². The van der Waals surface area contributed by atoms with E-state index in [-0.39, 0.29) is 18.7 Å². The van der Waals surface area contributed by atoms with Gasteiger partial charge in [-0.3, -0.25) is 4.79 Å². The van der Waals surface area contributed by atoms with Gasteiger partial charge < -0.3 is 5.21 Å². The van der Waals surface area contributed by atoms with Gasteiger partial charge in [-0.2, -0.15) is 0 Å². The number of hydrogen-bond acceptors (Lipinski definition) is 3. The Hall–Kier alpha value is -0.450. The van der Waals surface area contributed by atoms with Gasteiger partial charge in [-0.1, -0.05) is 0 Å². The van der Waals surface area contributed by atoms with Crippen LogP contribution in [0.15, 0.2) is 0 Å².